The number of carbonyl (C=O) groups excluding carboxylic acids is 1. The number of methoxy groups -OCH3 is 1. The van der Waals surface area contributed by atoms with Crippen molar-refractivity contribution in [3.63, 3.8) is 0 Å². The third-order valence-corrected chi connectivity index (χ3v) is 3.87. The summed E-state index contributed by atoms with van der Waals surface area (Å²) in [6.45, 7) is 0.107. The van der Waals surface area contributed by atoms with Crippen LogP contribution in [0.3, 0.4) is 0 Å². The van der Waals surface area contributed by atoms with Crippen LogP contribution in [-0.2, 0) is 22.6 Å². The molecule has 0 aliphatic rings. The molecule has 0 spiro atoms. The molecule has 5 nitrogen and oxygen atoms in total. The van der Waals surface area contributed by atoms with Crippen LogP contribution in [0.15, 0.2) is 60.9 Å². The van der Waals surface area contributed by atoms with Gasteiger partial charge in [-0.05, 0) is 30.3 Å². The van der Waals surface area contributed by atoms with Crippen molar-refractivity contribution in [3.05, 3.63) is 77.1 Å². The molecule has 0 amide bonds. The lowest BCUT2D eigenvalue weighted by molar-refractivity contribution is -0.144. The molecule has 0 fully saturated rings. The molecule has 0 atom stereocenters. The number of nitrogens with zero attached hydrogens (tertiary/aromatic N) is 2. The SMILES string of the molecule is COc1ccc(Cl)cc1COC(=O)Cc1cnn(-c2ccccc2)c1. The van der Waals surface area contributed by atoms with E-state index in [-0.39, 0.29) is 19.0 Å². The number of benzene rings is 2. The maximum atomic E-state index is 12.1. The summed E-state index contributed by atoms with van der Waals surface area (Å²) in [6.07, 6.45) is 3.63. The van der Waals surface area contributed by atoms with Gasteiger partial charge in [-0.3, -0.25) is 4.79 Å². The van der Waals surface area contributed by atoms with Gasteiger partial charge in [-0.15, -0.1) is 0 Å². The van der Waals surface area contributed by atoms with Gasteiger partial charge in [0.25, 0.3) is 0 Å². The zero-order valence-corrected chi connectivity index (χ0v) is 14.4. The van der Waals surface area contributed by atoms with E-state index in [2.05, 4.69) is 5.10 Å². The maximum Gasteiger partial charge on any atom is 0.310 e. The Hall–Kier alpha value is -2.79. The minimum absolute atomic E-state index is 0.107. The third kappa shape index (κ3) is 4.39. The Labute approximate surface area is 150 Å². The van der Waals surface area contributed by atoms with Crippen LogP contribution in [-0.4, -0.2) is 22.9 Å². The highest BCUT2D eigenvalue weighted by Crippen LogP contribution is 2.23. The number of hydrogen-bond acceptors (Lipinski definition) is 4. The maximum absolute atomic E-state index is 12.1. The smallest absolute Gasteiger partial charge is 0.310 e. The normalized spacial score (nSPS) is 10.5. The molecule has 0 bridgehead atoms. The average Bonchev–Trinajstić information content (AvgIpc) is 3.09. The fraction of sp³-hybridized carbons (Fsp3) is 0.158. The van der Waals surface area contributed by atoms with Crippen LogP contribution in [0.2, 0.25) is 5.02 Å². The second-order valence-electron chi connectivity index (χ2n) is 5.42. The van der Waals surface area contributed by atoms with Crippen molar-refractivity contribution >= 4 is 17.6 Å². The predicted molar refractivity (Wildman–Crippen MR) is 95.1 cm³/mol. The van der Waals surface area contributed by atoms with Crippen molar-refractivity contribution in [2.45, 2.75) is 13.0 Å². The van der Waals surface area contributed by atoms with E-state index < -0.39 is 0 Å². The lowest BCUT2D eigenvalue weighted by atomic mass is 10.2. The monoisotopic (exact) mass is 356 g/mol. The molecule has 3 rings (SSSR count). The summed E-state index contributed by atoms with van der Waals surface area (Å²) in [7, 11) is 1.56. The van der Waals surface area contributed by atoms with Gasteiger partial charge in [0.1, 0.15) is 12.4 Å². The van der Waals surface area contributed by atoms with Gasteiger partial charge in [0.05, 0.1) is 25.4 Å². The van der Waals surface area contributed by atoms with Crippen LogP contribution in [0.1, 0.15) is 11.1 Å². The molecule has 25 heavy (non-hydrogen) atoms. The number of para-hydroxylation sites is 1. The van der Waals surface area contributed by atoms with Gasteiger partial charge in [-0.25, -0.2) is 4.68 Å². The fourth-order valence-electron chi connectivity index (χ4n) is 2.41. The highest BCUT2D eigenvalue weighted by Gasteiger charge is 2.11. The first-order valence-corrected chi connectivity index (χ1v) is 8.10. The summed E-state index contributed by atoms with van der Waals surface area (Å²) >= 11 is 5.97. The van der Waals surface area contributed by atoms with Crippen molar-refractivity contribution in [2.24, 2.45) is 0 Å². The quantitative estimate of drug-likeness (QED) is 0.630. The highest BCUT2D eigenvalue weighted by atomic mass is 35.5. The van der Waals surface area contributed by atoms with E-state index in [0.29, 0.717) is 10.8 Å². The summed E-state index contributed by atoms with van der Waals surface area (Å²) < 4.78 is 12.3. The lowest BCUT2D eigenvalue weighted by Gasteiger charge is -2.09. The molecule has 0 aliphatic carbocycles. The van der Waals surface area contributed by atoms with Crippen LogP contribution in [0.25, 0.3) is 5.69 Å². The van der Waals surface area contributed by atoms with Crippen molar-refractivity contribution in [1.29, 1.82) is 0 Å². The van der Waals surface area contributed by atoms with Gasteiger partial charge in [0, 0.05) is 22.3 Å². The van der Waals surface area contributed by atoms with Crippen molar-refractivity contribution in [2.75, 3.05) is 7.11 Å². The standard InChI is InChI=1S/C19H17ClN2O3/c1-24-18-8-7-16(20)10-15(18)13-25-19(23)9-14-11-21-22(12-14)17-5-3-2-4-6-17/h2-8,10-12H,9,13H2,1H3. The van der Waals surface area contributed by atoms with Gasteiger partial charge < -0.3 is 9.47 Å². The molecule has 2 aromatic carbocycles. The second-order valence-corrected chi connectivity index (χ2v) is 5.86. The number of ether oxygens (including phenoxy) is 2. The first-order chi connectivity index (χ1) is 12.2. The van der Waals surface area contributed by atoms with Gasteiger partial charge in [-0.1, -0.05) is 29.8 Å². The van der Waals surface area contributed by atoms with Crippen LogP contribution in [0, 0.1) is 0 Å². The molecule has 0 N–H and O–H groups in total. The lowest BCUT2D eigenvalue weighted by Crippen LogP contribution is -2.08. The number of aromatic nitrogens is 2. The molecule has 1 aromatic heterocycles. The van der Waals surface area contributed by atoms with Crippen molar-refractivity contribution in [1.82, 2.24) is 9.78 Å². The van der Waals surface area contributed by atoms with Crippen molar-refractivity contribution in [3.8, 4) is 11.4 Å². The summed E-state index contributed by atoms with van der Waals surface area (Å²) in [5.74, 6) is 0.295. The molecule has 3 aromatic rings. The molecule has 1 heterocycles. The Morgan fingerprint density at radius 3 is 2.76 bits per heavy atom. The minimum Gasteiger partial charge on any atom is -0.496 e. The zero-order valence-electron chi connectivity index (χ0n) is 13.7. The van der Waals surface area contributed by atoms with E-state index >= 15 is 0 Å². The van der Waals surface area contributed by atoms with Gasteiger partial charge in [-0.2, -0.15) is 5.10 Å². The van der Waals surface area contributed by atoms with Crippen LogP contribution in [0.5, 0.6) is 5.75 Å². The second kappa shape index (κ2) is 7.85. The topological polar surface area (TPSA) is 53.4 Å². The number of hydrogen-bond donors (Lipinski definition) is 0. The van der Waals surface area contributed by atoms with Gasteiger partial charge >= 0.3 is 5.97 Å². The number of rotatable bonds is 6. The van der Waals surface area contributed by atoms with Crippen LogP contribution in [0.4, 0.5) is 0 Å². The van der Waals surface area contributed by atoms with E-state index in [1.807, 2.05) is 36.5 Å². The molecule has 0 radical (unpaired) electrons. The fourth-order valence-corrected chi connectivity index (χ4v) is 2.60. The summed E-state index contributed by atoms with van der Waals surface area (Å²) in [5.41, 5.74) is 2.45. The Bertz CT molecular complexity index is 862. The zero-order chi connectivity index (χ0) is 17.6. The van der Waals surface area contributed by atoms with E-state index in [1.165, 1.54) is 0 Å². The molecular formula is C19H17ClN2O3. The summed E-state index contributed by atoms with van der Waals surface area (Å²) in [4.78, 5) is 12.1. The van der Waals surface area contributed by atoms with E-state index in [1.54, 1.807) is 36.2 Å². The van der Waals surface area contributed by atoms with Crippen LogP contribution >= 0.6 is 11.6 Å². The number of carbonyl (C=O) groups is 1. The predicted octanol–water partition coefficient (Wildman–Crippen LogP) is 3.82. The molecule has 0 aliphatic heterocycles. The number of esters is 1. The van der Waals surface area contributed by atoms with E-state index in [4.69, 9.17) is 21.1 Å². The summed E-state index contributed by atoms with van der Waals surface area (Å²) in [5, 5.41) is 4.83. The molecule has 0 saturated carbocycles. The molecule has 6 heteroatoms. The Kier molecular flexibility index (Phi) is 5.36. The first kappa shape index (κ1) is 17.0. The molecular weight excluding hydrogens is 340 g/mol. The third-order valence-electron chi connectivity index (χ3n) is 3.64. The molecule has 128 valence electrons. The van der Waals surface area contributed by atoms with Crippen LogP contribution < -0.4 is 4.74 Å². The highest BCUT2D eigenvalue weighted by molar-refractivity contribution is 6.30. The first-order valence-electron chi connectivity index (χ1n) is 7.73. The van der Waals surface area contributed by atoms with Gasteiger partial charge in [0.15, 0.2) is 0 Å². The number of halogens is 1. The minimum atomic E-state index is -0.338. The van der Waals surface area contributed by atoms with Crippen molar-refractivity contribution < 1.29 is 14.3 Å². The average molecular weight is 357 g/mol. The summed E-state index contributed by atoms with van der Waals surface area (Å²) in [6, 6.07) is 14.9. The Balaban J connectivity index is 1.60. The van der Waals surface area contributed by atoms with E-state index in [9.17, 15) is 4.79 Å². The van der Waals surface area contributed by atoms with Gasteiger partial charge in [0.2, 0.25) is 0 Å². The largest absolute Gasteiger partial charge is 0.496 e. The Morgan fingerprint density at radius 2 is 2.00 bits per heavy atom. The molecule has 0 saturated heterocycles. The molecule has 0 unspecified atom stereocenters. The Morgan fingerprint density at radius 1 is 1.20 bits per heavy atom. The van der Waals surface area contributed by atoms with E-state index in [0.717, 1.165) is 16.8 Å².